The number of halogens is 5. The van der Waals surface area contributed by atoms with Crippen molar-refractivity contribution < 1.29 is 40.8 Å². The molecule has 3 unspecified atom stereocenters. The minimum absolute atomic E-state index is 0.0571. The molecule has 1 aromatic carbocycles. The van der Waals surface area contributed by atoms with Gasteiger partial charge < -0.3 is 9.47 Å². The Hall–Kier alpha value is 0.120. The molecule has 1 aromatic rings. The van der Waals surface area contributed by atoms with Gasteiger partial charge in [-0.3, -0.25) is 14.1 Å². The zero-order valence-corrected chi connectivity index (χ0v) is 25.6. The summed E-state index contributed by atoms with van der Waals surface area (Å²) < 4.78 is 71.9. The number of benzene rings is 1. The third-order valence-corrected chi connectivity index (χ3v) is 11.8. The van der Waals surface area contributed by atoms with Crippen molar-refractivity contribution in [3.8, 4) is 0 Å². The summed E-state index contributed by atoms with van der Waals surface area (Å²) in [5.41, 5.74) is -1.15. The lowest BCUT2D eigenvalue weighted by Gasteiger charge is -2.59. The van der Waals surface area contributed by atoms with Gasteiger partial charge in [0.05, 0.1) is 10.8 Å². The van der Waals surface area contributed by atoms with E-state index in [4.69, 9.17) is 14.0 Å². The maximum atomic E-state index is 13.4. The van der Waals surface area contributed by atoms with Gasteiger partial charge in [0.2, 0.25) is 0 Å². The van der Waals surface area contributed by atoms with E-state index < -0.39 is 51.2 Å². The van der Waals surface area contributed by atoms with E-state index in [9.17, 15) is 26.8 Å². The van der Waals surface area contributed by atoms with Crippen molar-refractivity contribution >= 4 is 89.8 Å². The molecular formula is C22H23F2I3O7S. The van der Waals surface area contributed by atoms with Crippen LogP contribution in [-0.4, -0.2) is 43.2 Å². The predicted molar refractivity (Wildman–Crippen MR) is 146 cm³/mol. The lowest BCUT2D eigenvalue weighted by molar-refractivity contribution is -0.200. The van der Waals surface area contributed by atoms with Gasteiger partial charge in [-0.1, -0.05) is 0 Å². The van der Waals surface area contributed by atoms with Crippen molar-refractivity contribution in [1.29, 1.82) is 0 Å². The highest BCUT2D eigenvalue weighted by atomic mass is 127. The molecule has 13 heteroatoms. The monoisotopic (exact) mass is 850 g/mol. The summed E-state index contributed by atoms with van der Waals surface area (Å²) >= 11 is 6.64. The van der Waals surface area contributed by atoms with Crippen LogP contribution < -0.4 is 0 Å². The van der Waals surface area contributed by atoms with E-state index in [1.54, 1.807) is 0 Å². The molecular weight excluding hydrogens is 827 g/mol. The molecule has 3 atom stereocenters. The first-order chi connectivity index (χ1) is 16.2. The van der Waals surface area contributed by atoms with Gasteiger partial charge in [0.25, 0.3) is 16.5 Å². The van der Waals surface area contributed by atoms with Gasteiger partial charge in [-0.15, -0.1) is 0 Å². The number of alkyl halides is 2. The minimum Gasteiger partial charge on any atom is -0.460 e. The van der Waals surface area contributed by atoms with Crippen molar-refractivity contribution in [1.82, 2.24) is 0 Å². The van der Waals surface area contributed by atoms with Crippen LogP contribution in [0.4, 0.5) is 8.78 Å². The Kier molecular flexibility index (Phi) is 8.32. The van der Waals surface area contributed by atoms with Gasteiger partial charge in [-0.05, 0) is 130 Å². The van der Waals surface area contributed by atoms with Crippen LogP contribution in [0.15, 0.2) is 12.1 Å². The molecule has 0 saturated heterocycles. The lowest BCUT2D eigenvalue weighted by Crippen LogP contribution is -2.58. The van der Waals surface area contributed by atoms with Gasteiger partial charge in [0.15, 0.2) is 6.10 Å². The normalized spacial score (nSPS) is 30.4. The highest BCUT2D eigenvalue weighted by Gasteiger charge is 2.64. The average molecular weight is 850 g/mol. The van der Waals surface area contributed by atoms with Crippen molar-refractivity contribution in [3.05, 3.63) is 28.4 Å². The maximum absolute atomic E-state index is 13.4. The Balaban J connectivity index is 1.52. The summed E-state index contributed by atoms with van der Waals surface area (Å²) in [6.07, 6.45) is -2.60. The van der Waals surface area contributed by atoms with Crippen LogP contribution >= 0.6 is 67.8 Å². The standard InChI is InChI=1S/C22H23F2I3O7S/c23-18(24)16(9-35(30,31)32)34-20(29)22-6-11-1-12(7-22)5-21(4-11,10-22)19(28)33-8-13-2-14(25)3-15(26)17(13)27/h2-3,11-12,16,18H,1,4-10H2,(H,30,31,32). The minimum atomic E-state index is -4.77. The Morgan fingerprint density at radius 3 is 2.17 bits per heavy atom. The highest BCUT2D eigenvalue weighted by molar-refractivity contribution is 14.1. The Morgan fingerprint density at radius 2 is 1.63 bits per heavy atom. The van der Waals surface area contributed by atoms with E-state index in [2.05, 4.69) is 67.8 Å². The van der Waals surface area contributed by atoms with E-state index in [0.29, 0.717) is 25.7 Å². The van der Waals surface area contributed by atoms with Gasteiger partial charge in [-0.25, -0.2) is 8.78 Å². The van der Waals surface area contributed by atoms with E-state index >= 15 is 0 Å². The lowest BCUT2D eigenvalue weighted by atomic mass is 9.44. The van der Waals surface area contributed by atoms with Crippen LogP contribution in [0.1, 0.15) is 44.1 Å². The van der Waals surface area contributed by atoms with Crippen molar-refractivity contribution in [2.45, 2.75) is 57.7 Å². The largest absolute Gasteiger partial charge is 0.460 e. The fourth-order valence-electron chi connectivity index (χ4n) is 6.38. The van der Waals surface area contributed by atoms with Crippen LogP contribution in [0.25, 0.3) is 0 Å². The Bertz CT molecular complexity index is 1130. The molecule has 0 aliphatic heterocycles. The number of rotatable bonds is 8. The second-order valence-corrected chi connectivity index (χ2v) is 15.0. The first kappa shape index (κ1) is 28.1. The molecule has 0 aromatic heterocycles. The molecule has 0 heterocycles. The van der Waals surface area contributed by atoms with Crippen molar-refractivity contribution in [3.63, 3.8) is 0 Å². The summed E-state index contributed by atoms with van der Waals surface area (Å²) in [6, 6.07) is 3.98. The van der Waals surface area contributed by atoms with E-state index in [1.165, 1.54) is 0 Å². The molecule has 4 fully saturated rings. The average Bonchev–Trinajstić information content (AvgIpc) is 2.72. The van der Waals surface area contributed by atoms with E-state index in [-0.39, 0.29) is 24.9 Å². The number of carbonyl (C=O) groups excluding carboxylic acids is 2. The zero-order valence-electron chi connectivity index (χ0n) is 18.3. The maximum Gasteiger partial charge on any atom is 0.312 e. The van der Waals surface area contributed by atoms with Gasteiger partial charge >= 0.3 is 11.9 Å². The molecule has 4 aliphatic carbocycles. The van der Waals surface area contributed by atoms with Gasteiger partial charge in [-0.2, -0.15) is 8.42 Å². The molecule has 194 valence electrons. The molecule has 5 rings (SSSR count). The van der Waals surface area contributed by atoms with Crippen LogP contribution in [0, 0.1) is 33.4 Å². The molecule has 0 radical (unpaired) electrons. The number of carbonyl (C=O) groups is 2. The fourth-order valence-corrected chi connectivity index (χ4v) is 9.44. The molecule has 0 amide bonds. The van der Waals surface area contributed by atoms with Gasteiger partial charge in [0, 0.05) is 16.3 Å². The molecule has 35 heavy (non-hydrogen) atoms. The van der Waals surface area contributed by atoms with Crippen molar-refractivity contribution in [2.75, 3.05) is 5.75 Å². The van der Waals surface area contributed by atoms with Crippen LogP contribution in [0.2, 0.25) is 0 Å². The third kappa shape index (κ3) is 6.08. The second kappa shape index (κ2) is 10.4. The van der Waals surface area contributed by atoms with Crippen molar-refractivity contribution in [2.24, 2.45) is 22.7 Å². The molecule has 4 saturated carbocycles. The summed E-state index contributed by atoms with van der Waals surface area (Å²) in [5, 5.41) is 0. The van der Waals surface area contributed by atoms with E-state index in [1.807, 2.05) is 12.1 Å². The Labute approximate surface area is 243 Å². The Morgan fingerprint density at radius 1 is 1.06 bits per heavy atom. The van der Waals surface area contributed by atoms with Crippen LogP contribution in [-0.2, 0) is 35.8 Å². The smallest absolute Gasteiger partial charge is 0.312 e. The SMILES string of the molecule is O=C(OCc1cc(I)cc(I)c1I)C12CC3CC(C1)CC(C(=O)OC(CS(=O)(=O)O)C(F)F)(C3)C2. The number of ether oxygens (including phenoxy) is 2. The van der Waals surface area contributed by atoms with Gasteiger partial charge in [0.1, 0.15) is 12.4 Å². The van der Waals surface area contributed by atoms with E-state index in [0.717, 1.165) is 22.7 Å². The quantitative estimate of drug-likeness (QED) is 0.166. The van der Waals surface area contributed by atoms with Crippen LogP contribution in [0.5, 0.6) is 0 Å². The number of hydrogen-bond donors (Lipinski definition) is 1. The fraction of sp³-hybridized carbons (Fsp3) is 0.636. The summed E-state index contributed by atoms with van der Waals surface area (Å²) in [4.78, 5) is 26.6. The summed E-state index contributed by atoms with van der Waals surface area (Å²) in [7, 11) is -4.77. The number of hydrogen-bond acceptors (Lipinski definition) is 6. The highest BCUT2D eigenvalue weighted by Crippen LogP contribution is 2.66. The number of esters is 2. The topological polar surface area (TPSA) is 107 Å². The van der Waals surface area contributed by atoms with Crippen LogP contribution in [0.3, 0.4) is 0 Å². The predicted octanol–water partition coefficient (Wildman–Crippen LogP) is 5.19. The summed E-state index contributed by atoms with van der Waals surface area (Å²) in [6.45, 7) is 0.0975. The first-order valence-corrected chi connectivity index (χ1v) is 15.8. The summed E-state index contributed by atoms with van der Waals surface area (Å²) in [5.74, 6) is -2.57. The second-order valence-electron chi connectivity index (χ2n) is 9.99. The molecule has 0 spiro atoms. The first-order valence-electron chi connectivity index (χ1n) is 11.0. The molecule has 4 aliphatic rings. The molecule has 4 bridgehead atoms. The molecule has 1 N–H and O–H groups in total. The third-order valence-electron chi connectivity index (χ3n) is 7.27. The zero-order chi connectivity index (χ0) is 25.8. The molecule has 7 nitrogen and oxygen atoms in total.